The van der Waals surface area contributed by atoms with Gasteiger partial charge in [0.25, 0.3) is 11.3 Å². The van der Waals surface area contributed by atoms with E-state index in [-0.39, 0.29) is 11.1 Å². The minimum absolute atomic E-state index is 0.0664. The average Bonchev–Trinajstić information content (AvgIpc) is 1.65. The monoisotopic (exact) mass is 127 g/mol. The third kappa shape index (κ3) is 2.67. The Labute approximate surface area is 43.5 Å². The molecular formula is C2H6FNO2S. The van der Waals surface area contributed by atoms with Gasteiger partial charge in [-0.25, -0.2) is 4.21 Å². The van der Waals surface area contributed by atoms with Crippen molar-refractivity contribution in [3.8, 4) is 0 Å². The molecule has 1 N–H and O–H groups in total. The van der Waals surface area contributed by atoms with Gasteiger partial charge in [-0.15, -0.1) is 4.48 Å². The summed E-state index contributed by atoms with van der Waals surface area (Å²) in [5.41, 5.74) is 0. The van der Waals surface area contributed by atoms with Crippen molar-refractivity contribution in [1.29, 1.82) is 0 Å². The standard InChI is InChI=1S/C2H6FNO2S/c1-2-4(3)7(5)6/h2H2,1H3,(H,5,6). The van der Waals surface area contributed by atoms with Gasteiger partial charge >= 0.3 is 0 Å². The third-order valence-electron chi connectivity index (χ3n) is 0.418. The first-order chi connectivity index (χ1) is 3.18. The summed E-state index contributed by atoms with van der Waals surface area (Å²) in [6, 6.07) is 0. The van der Waals surface area contributed by atoms with Crippen molar-refractivity contribution in [2.75, 3.05) is 6.54 Å². The molecule has 0 aromatic rings. The first-order valence-electron chi connectivity index (χ1n) is 1.72. The molecule has 1 unspecified atom stereocenters. The molecule has 5 heteroatoms. The smallest absolute Gasteiger partial charge is 0.263 e. The van der Waals surface area contributed by atoms with E-state index in [0.29, 0.717) is 0 Å². The fraction of sp³-hybridized carbons (Fsp3) is 1.00. The molecule has 0 radical (unpaired) electrons. The molecule has 0 saturated heterocycles. The summed E-state index contributed by atoms with van der Waals surface area (Å²) in [6.07, 6.45) is 0. The highest BCUT2D eigenvalue weighted by molar-refractivity contribution is 7.76. The van der Waals surface area contributed by atoms with Crippen LogP contribution in [-0.2, 0) is 11.3 Å². The van der Waals surface area contributed by atoms with Gasteiger partial charge in [0.15, 0.2) is 0 Å². The van der Waals surface area contributed by atoms with Crippen LogP contribution in [0.3, 0.4) is 0 Å². The van der Waals surface area contributed by atoms with E-state index in [2.05, 4.69) is 0 Å². The molecule has 0 aromatic heterocycles. The Bertz CT molecular complexity index is 78.1. The van der Waals surface area contributed by atoms with Crippen molar-refractivity contribution in [3.05, 3.63) is 0 Å². The fourth-order valence-electron chi connectivity index (χ4n) is 0.110. The molecule has 0 saturated carbocycles. The lowest BCUT2D eigenvalue weighted by Gasteiger charge is -1.98. The van der Waals surface area contributed by atoms with Crippen LogP contribution < -0.4 is 0 Å². The topological polar surface area (TPSA) is 40.5 Å². The maximum atomic E-state index is 11.5. The molecule has 44 valence electrons. The first-order valence-corrected chi connectivity index (χ1v) is 2.79. The molecule has 7 heavy (non-hydrogen) atoms. The van der Waals surface area contributed by atoms with Gasteiger partial charge in [-0.1, -0.05) is 0 Å². The lowest BCUT2D eigenvalue weighted by atomic mass is 10.8. The van der Waals surface area contributed by atoms with Crippen LogP contribution in [0.15, 0.2) is 0 Å². The van der Waals surface area contributed by atoms with Gasteiger partial charge in [-0.3, -0.25) is 4.55 Å². The minimum atomic E-state index is -2.44. The van der Waals surface area contributed by atoms with Crippen molar-refractivity contribution in [3.63, 3.8) is 0 Å². The second-order valence-electron chi connectivity index (χ2n) is 0.865. The van der Waals surface area contributed by atoms with Crippen LogP contribution in [0, 0.1) is 0 Å². The van der Waals surface area contributed by atoms with Crippen LogP contribution in [0.4, 0.5) is 4.48 Å². The van der Waals surface area contributed by atoms with Crippen LogP contribution in [0.2, 0.25) is 0 Å². The maximum absolute atomic E-state index is 11.5. The molecule has 1 atom stereocenters. The minimum Gasteiger partial charge on any atom is -0.292 e. The van der Waals surface area contributed by atoms with Crippen molar-refractivity contribution in [2.24, 2.45) is 0 Å². The Hall–Kier alpha value is -0.0000000000000000486. The van der Waals surface area contributed by atoms with Gasteiger partial charge in [0, 0.05) is 6.54 Å². The summed E-state index contributed by atoms with van der Waals surface area (Å²) in [4.78, 5) is 0. The van der Waals surface area contributed by atoms with E-state index in [9.17, 15) is 8.69 Å². The van der Waals surface area contributed by atoms with Gasteiger partial charge in [-0.05, 0) is 11.5 Å². The quantitative estimate of drug-likeness (QED) is 0.429. The molecule has 0 aromatic carbocycles. The molecule has 0 bridgehead atoms. The number of halogens is 1. The van der Waals surface area contributed by atoms with E-state index in [1.165, 1.54) is 6.92 Å². The van der Waals surface area contributed by atoms with E-state index >= 15 is 0 Å². The van der Waals surface area contributed by atoms with Crippen molar-refractivity contribution >= 4 is 11.3 Å². The van der Waals surface area contributed by atoms with Crippen LogP contribution >= 0.6 is 0 Å². The highest BCUT2D eigenvalue weighted by Gasteiger charge is 2.02. The maximum Gasteiger partial charge on any atom is 0.263 e. The molecule has 0 aliphatic heterocycles. The summed E-state index contributed by atoms with van der Waals surface area (Å²) in [6.45, 7) is 1.37. The zero-order chi connectivity index (χ0) is 5.86. The Balaban J connectivity index is 3.34. The lowest BCUT2D eigenvalue weighted by molar-refractivity contribution is 0.144. The van der Waals surface area contributed by atoms with Crippen LogP contribution in [0.25, 0.3) is 0 Å². The van der Waals surface area contributed by atoms with E-state index in [1.54, 1.807) is 0 Å². The van der Waals surface area contributed by atoms with E-state index in [4.69, 9.17) is 4.55 Å². The Morgan fingerprint density at radius 2 is 2.43 bits per heavy atom. The third-order valence-corrected chi connectivity index (χ3v) is 1.02. The average molecular weight is 127 g/mol. The lowest BCUT2D eigenvalue weighted by Crippen LogP contribution is -2.14. The van der Waals surface area contributed by atoms with Crippen LogP contribution in [-0.4, -0.2) is 19.8 Å². The summed E-state index contributed by atoms with van der Waals surface area (Å²) in [5, 5.41) is 0. The molecule has 0 fully saturated rings. The molecule has 0 rings (SSSR count). The SMILES string of the molecule is CCN(F)S(=O)O. The van der Waals surface area contributed by atoms with Gasteiger partial charge in [0.05, 0.1) is 0 Å². The number of hydrogen-bond donors (Lipinski definition) is 1. The number of rotatable bonds is 2. The summed E-state index contributed by atoms with van der Waals surface area (Å²) in [7, 11) is 0. The zero-order valence-corrected chi connectivity index (χ0v) is 4.61. The Kier molecular flexibility index (Phi) is 3.06. The summed E-state index contributed by atoms with van der Waals surface area (Å²) < 4.78 is 28.8. The van der Waals surface area contributed by atoms with Crippen molar-refractivity contribution in [1.82, 2.24) is 4.53 Å². The molecule has 0 heterocycles. The van der Waals surface area contributed by atoms with E-state index in [0.717, 1.165) is 0 Å². The second-order valence-corrected chi connectivity index (χ2v) is 1.72. The fourth-order valence-corrected chi connectivity index (χ4v) is 0.331. The molecule has 3 nitrogen and oxygen atoms in total. The molecule has 0 aliphatic carbocycles. The van der Waals surface area contributed by atoms with Gasteiger partial charge in [0.1, 0.15) is 0 Å². The molecular weight excluding hydrogens is 121 g/mol. The number of hydrogen-bond acceptors (Lipinski definition) is 1. The summed E-state index contributed by atoms with van der Waals surface area (Å²) >= 11 is -2.44. The van der Waals surface area contributed by atoms with Gasteiger partial charge in [0.2, 0.25) is 0 Å². The van der Waals surface area contributed by atoms with Gasteiger partial charge in [-0.2, -0.15) is 0 Å². The van der Waals surface area contributed by atoms with Crippen molar-refractivity contribution in [2.45, 2.75) is 6.92 Å². The van der Waals surface area contributed by atoms with E-state index in [1.807, 2.05) is 0 Å². The van der Waals surface area contributed by atoms with Crippen molar-refractivity contribution < 1.29 is 13.2 Å². The van der Waals surface area contributed by atoms with Gasteiger partial charge < -0.3 is 0 Å². The van der Waals surface area contributed by atoms with Crippen LogP contribution in [0.1, 0.15) is 6.92 Å². The Morgan fingerprint density at radius 1 is 2.00 bits per heavy atom. The molecule has 0 aliphatic rings. The molecule has 0 amide bonds. The van der Waals surface area contributed by atoms with Crippen LogP contribution in [0.5, 0.6) is 0 Å². The second kappa shape index (κ2) is 3.06. The summed E-state index contributed by atoms with van der Waals surface area (Å²) in [5.74, 6) is 0. The highest BCUT2D eigenvalue weighted by atomic mass is 32.2. The predicted octanol–water partition coefficient (Wildman–Crippen LogP) is 0.330. The number of nitrogens with zero attached hydrogens (tertiary/aromatic N) is 1. The first kappa shape index (κ1) is 7.00. The Morgan fingerprint density at radius 3 is 2.43 bits per heavy atom. The zero-order valence-electron chi connectivity index (χ0n) is 3.80. The highest BCUT2D eigenvalue weighted by Crippen LogP contribution is 1.88. The largest absolute Gasteiger partial charge is 0.292 e. The molecule has 0 spiro atoms. The predicted molar refractivity (Wildman–Crippen MR) is 24.3 cm³/mol. The normalized spacial score (nSPS) is 14.9. The van der Waals surface area contributed by atoms with E-state index < -0.39 is 11.3 Å².